The number of para-hydroxylation sites is 2. The van der Waals surface area contributed by atoms with Gasteiger partial charge in [-0.3, -0.25) is 9.97 Å². The molecular weight excluding hydrogens is 621 g/mol. The van der Waals surface area contributed by atoms with E-state index in [9.17, 15) is 0 Å². The topological polar surface area (TPSA) is 41.9 Å². The molecule has 51 heavy (non-hydrogen) atoms. The third-order valence-corrected chi connectivity index (χ3v) is 9.89. The number of benzene rings is 7. The molecule has 238 valence electrons. The van der Waals surface area contributed by atoms with Crippen LogP contribution in [0.1, 0.15) is 0 Å². The quantitative estimate of drug-likeness (QED) is 0.174. The van der Waals surface area contributed by atoms with E-state index >= 15 is 0 Å². The fourth-order valence-corrected chi connectivity index (χ4v) is 7.55. The van der Waals surface area contributed by atoms with Crippen LogP contribution in [0.15, 0.2) is 182 Å². The van der Waals surface area contributed by atoms with Crippen LogP contribution >= 0.6 is 0 Å². The SMILES string of the molecule is c1ccc(-c2nc3cc(N(c4ccccc4)c4ccccc4)ccc3c3c2ccc2cc(-c4ccnc5c4ccc4cccnc45)ccc23)cc1. The molecule has 0 aliphatic carbocycles. The number of hydrogen-bond acceptors (Lipinski definition) is 4. The van der Waals surface area contributed by atoms with Crippen LogP contribution in [0, 0.1) is 0 Å². The molecule has 0 bridgehead atoms. The summed E-state index contributed by atoms with van der Waals surface area (Å²) in [6.07, 6.45) is 3.73. The van der Waals surface area contributed by atoms with E-state index in [1.807, 2.05) is 18.5 Å². The number of hydrogen-bond donors (Lipinski definition) is 0. The summed E-state index contributed by atoms with van der Waals surface area (Å²) in [5, 5.41) is 8.02. The van der Waals surface area contributed by atoms with Gasteiger partial charge in [-0.05, 0) is 76.5 Å². The molecule has 0 fully saturated rings. The molecule has 4 nitrogen and oxygen atoms in total. The Hall–Kier alpha value is -6.91. The Balaban J connectivity index is 1.21. The summed E-state index contributed by atoms with van der Waals surface area (Å²) in [6.45, 7) is 0. The lowest BCUT2D eigenvalue weighted by molar-refractivity contribution is 1.28. The van der Waals surface area contributed by atoms with Crippen molar-refractivity contribution in [3.63, 3.8) is 0 Å². The Labute approximate surface area is 294 Å². The molecule has 10 rings (SSSR count). The van der Waals surface area contributed by atoms with Gasteiger partial charge in [0, 0.05) is 62.0 Å². The molecule has 0 aliphatic rings. The number of rotatable bonds is 5. The molecule has 10 aromatic rings. The molecule has 0 saturated heterocycles. The van der Waals surface area contributed by atoms with Crippen molar-refractivity contribution in [2.45, 2.75) is 0 Å². The molecule has 0 aliphatic heterocycles. The zero-order valence-electron chi connectivity index (χ0n) is 27.6. The Morgan fingerprint density at radius 2 is 1.06 bits per heavy atom. The highest BCUT2D eigenvalue weighted by Gasteiger charge is 2.18. The first-order valence-corrected chi connectivity index (χ1v) is 17.2. The summed E-state index contributed by atoms with van der Waals surface area (Å²) in [6, 6.07) is 60.1. The van der Waals surface area contributed by atoms with Crippen LogP contribution in [0.3, 0.4) is 0 Å². The summed E-state index contributed by atoms with van der Waals surface area (Å²) < 4.78 is 0. The van der Waals surface area contributed by atoms with Crippen molar-refractivity contribution in [1.29, 1.82) is 0 Å². The van der Waals surface area contributed by atoms with Gasteiger partial charge in [-0.25, -0.2) is 4.98 Å². The van der Waals surface area contributed by atoms with E-state index < -0.39 is 0 Å². The minimum absolute atomic E-state index is 0.921. The van der Waals surface area contributed by atoms with Crippen LogP contribution in [0.2, 0.25) is 0 Å². The average molecular weight is 651 g/mol. The van der Waals surface area contributed by atoms with Gasteiger partial charge in [0.2, 0.25) is 0 Å². The highest BCUT2D eigenvalue weighted by atomic mass is 15.1. The van der Waals surface area contributed by atoms with Gasteiger partial charge in [0.15, 0.2) is 0 Å². The summed E-state index contributed by atoms with van der Waals surface area (Å²) in [5.41, 5.74) is 10.4. The predicted molar refractivity (Wildman–Crippen MR) is 213 cm³/mol. The minimum Gasteiger partial charge on any atom is -0.310 e. The van der Waals surface area contributed by atoms with E-state index in [2.05, 4.69) is 174 Å². The first kappa shape index (κ1) is 29.0. The maximum atomic E-state index is 5.40. The number of pyridine rings is 3. The van der Waals surface area contributed by atoms with Gasteiger partial charge < -0.3 is 4.90 Å². The van der Waals surface area contributed by atoms with Gasteiger partial charge >= 0.3 is 0 Å². The summed E-state index contributed by atoms with van der Waals surface area (Å²) in [4.78, 5) is 17.1. The van der Waals surface area contributed by atoms with Gasteiger partial charge in [-0.2, -0.15) is 0 Å². The second-order valence-electron chi connectivity index (χ2n) is 12.9. The monoisotopic (exact) mass is 650 g/mol. The Bertz CT molecular complexity index is 2870. The molecule has 3 heterocycles. The second-order valence-corrected chi connectivity index (χ2v) is 12.9. The van der Waals surface area contributed by atoms with Crippen molar-refractivity contribution in [3.8, 4) is 22.4 Å². The number of fused-ring (bicyclic) bond motifs is 8. The fourth-order valence-electron chi connectivity index (χ4n) is 7.55. The summed E-state index contributed by atoms with van der Waals surface area (Å²) >= 11 is 0. The van der Waals surface area contributed by atoms with E-state index in [0.29, 0.717) is 0 Å². The smallest absolute Gasteiger partial charge is 0.0970 e. The van der Waals surface area contributed by atoms with E-state index in [1.54, 1.807) is 0 Å². The number of anilines is 3. The van der Waals surface area contributed by atoms with Gasteiger partial charge in [0.05, 0.1) is 22.2 Å². The Morgan fingerprint density at radius 1 is 0.392 bits per heavy atom. The van der Waals surface area contributed by atoms with E-state index in [1.165, 1.54) is 16.2 Å². The normalized spacial score (nSPS) is 11.5. The standard InChI is InChI=1S/C47H30N4/c1-4-11-31(12-5-1)45-42-24-20-34-29-33(38-26-28-49-47-40(38)23-18-32-13-10-27-48-46(32)47)19-22-39(34)44(42)41-25-21-37(30-43(41)50-45)51(35-14-6-2-7-15-35)36-16-8-3-9-17-36/h1-30H. The molecule has 0 spiro atoms. The van der Waals surface area contributed by atoms with Crippen LogP contribution in [-0.2, 0) is 0 Å². The molecule has 0 amide bonds. The second kappa shape index (κ2) is 11.9. The van der Waals surface area contributed by atoms with Gasteiger partial charge in [0.25, 0.3) is 0 Å². The van der Waals surface area contributed by atoms with Crippen molar-refractivity contribution in [2.24, 2.45) is 0 Å². The first-order chi connectivity index (χ1) is 25.3. The molecule has 0 N–H and O–H groups in total. The maximum Gasteiger partial charge on any atom is 0.0970 e. The van der Waals surface area contributed by atoms with E-state index in [0.717, 1.165) is 77.5 Å². The highest BCUT2D eigenvalue weighted by Crippen LogP contribution is 2.42. The zero-order valence-corrected chi connectivity index (χ0v) is 27.6. The summed E-state index contributed by atoms with van der Waals surface area (Å²) in [5.74, 6) is 0. The molecule has 0 radical (unpaired) electrons. The van der Waals surface area contributed by atoms with Crippen LogP contribution < -0.4 is 4.90 Å². The lowest BCUT2D eigenvalue weighted by Gasteiger charge is -2.26. The van der Waals surface area contributed by atoms with Gasteiger partial charge in [-0.1, -0.05) is 115 Å². The Morgan fingerprint density at radius 3 is 1.84 bits per heavy atom. The van der Waals surface area contributed by atoms with Crippen LogP contribution in [0.4, 0.5) is 17.1 Å². The maximum absolute atomic E-state index is 5.40. The third-order valence-electron chi connectivity index (χ3n) is 9.89. The van der Waals surface area contributed by atoms with Gasteiger partial charge in [0.1, 0.15) is 0 Å². The van der Waals surface area contributed by atoms with Crippen molar-refractivity contribution < 1.29 is 0 Å². The fraction of sp³-hybridized carbons (Fsp3) is 0. The largest absolute Gasteiger partial charge is 0.310 e. The van der Waals surface area contributed by atoms with Crippen LogP contribution in [0.25, 0.3) is 76.6 Å². The van der Waals surface area contributed by atoms with E-state index in [4.69, 9.17) is 9.97 Å². The minimum atomic E-state index is 0.921. The van der Waals surface area contributed by atoms with Crippen LogP contribution in [-0.4, -0.2) is 15.0 Å². The Kier molecular flexibility index (Phi) is 6.78. The number of nitrogens with zero attached hydrogens (tertiary/aromatic N) is 4. The lowest BCUT2D eigenvalue weighted by atomic mass is 9.92. The molecule has 0 atom stereocenters. The predicted octanol–water partition coefficient (Wildman–Crippen LogP) is 12.4. The molecule has 0 saturated carbocycles. The average Bonchev–Trinajstić information content (AvgIpc) is 3.21. The van der Waals surface area contributed by atoms with Crippen molar-refractivity contribution >= 4 is 71.3 Å². The zero-order chi connectivity index (χ0) is 33.7. The molecule has 4 heteroatoms. The molecule has 7 aromatic carbocycles. The molecular formula is C47H30N4. The van der Waals surface area contributed by atoms with Crippen LogP contribution in [0.5, 0.6) is 0 Å². The summed E-state index contributed by atoms with van der Waals surface area (Å²) in [7, 11) is 0. The third kappa shape index (κ3) is 4.88. The van der Waals surface area contributed by atoms with Gasteiger partial charge in [-0.15, -0.1) is 0 Å². The molecule has 3 aromatic heterocycles. The first-order valence-electron chi connectivity index (χ1n) is 17.2. The highest BCUT2D eigenvalue weighted by molar-refractivity contribution is 6.23. The van der Waals surface area contributed by atoms with E-state index in [-0.39, 0.29) is 0 Å². The molecule has 0 unspecified atom stereocenters. The lowest BCUT2D eigenvalue weighted by Crippen LogP contribution is -2.09. The van der Waals surface area contributed by atoms with Crippen molar-refractivity contribution in [3.05, 3.63) is 182 Å². The van der Waals surface area contributed by atoms with Crippen molar-refractivity contribution in [2.75, 3.05) is 4.90 Å². The van der Waals surface area contributed by atoms with Crippen molar-refractivity contribution in [1.82, 2.24) is 15.0 Å². The number of aromatic nitrogens is 3.